The third-order valence-corrected chi connectivity index (χ3v) is 5.42. The first kappa shape index (κ1) is 11.9. The van der Waals surface area contributed by atoms with E-state index in [1.165, 1.54) is 38.5 Å². The maximum atomic E-state index is 10.8. The molecule has 0 aromatic rings. The molecule has 4 atom stereocenters. The van der Waals surface area contributed by atoms with Crippen LogP contribution in [-0.2, 0) is 4.74 Å². The molecule has 98 valence electrons. The molecule has 3 aliphatic rings. The van der Waals surface area contributed by atoms with Crippen molar-refractivity contribution in [2.24, 2.45) is 17.1 Å². The van der Waals surface area contributed by atoms with Crippen LogP contribution >= 0.6 is 0 Å². The van der Waals surface area contributed by atoms with Crippen LogP contribution in [0.4, 0.5) is 0 Å². The first-order valence-electron chi connectivity index (χ1n) is 7.30. The number of rotatable bonds is 3. The average Bonchev–Trinajstić information content (AvgIpc) is 2.99. The molecule has 3 heteroatoms. The molecule has 1 saturated carbocycles. The van der Waals surface area contributed by atoms with Gasteiger partial charge >= 0.3 is 0 Å². The highest BCUT2D eigenvalue weighted by Gasteiger charge is 2.56. The molecular weight excluding hydrogens is 214 g/mol. The first-order valence-corrected chi connectivity index (χ1v) is 7.30. The zero-order valence-electron chi connectivity index (χ0n) is 10.6. The van der Waals surface area contributed by atoms with Gasteiger partial charge in [0.1, 0.15) is 0 Å². The van der Waals surface area contributed by atoms with E-state index in [1.807, 2.05) is 0 Å². The summed E-state index contributed by atoms with van der Waals surface area (Å²) in [7, 11) is 0. The first-order chi connectivity index (χ1) is 8.26. The Balaban J connectivity index is 1.75. The van der Waals surface area contributed by atoms with Gasteiger partial charge in [-0.2, -0.15) is 0 Å². The van der Waals surface area contributed by atoms with Crippen LogP contribution in [0.15, 0.2) is 0 Å². The Kier molecular flexibility index (Phi) is 3.18. The predicted molar refractivity (Wildman–Crippen MR) is 66.6 cm³/mol. The molecule has 2 heterocycles. The molecule has 17 heavy (non-hydrogen) atoms. The molecule has 2 saturated heterocycles. The summed E-state index contributed by atoms with van der Waals surface area (Å²) in [6.07, 6.45) is 9.89. The molecule has 0 spiro atoms. The van der Waals surface area contributed by atoms with Gasteiger partial charge in [-0.1, -0.05) is 19.3 Å². The lowest BCUT2D eigenvalue weighted by Gasteiger charge is -2.43. The smallest absolute Gasteiger partial charge is 0.0674 e. The predicted octanol–water partition coefficient (Wildman–Crippen LogP) is 1.82. The van der Waals surface area contributed by atoms with Crippen molar-refractivity contribution in [2.75, 3.05) is 6.54 Å². The zero-order chi connectivity index (χ0) is 11.9. The van der Waals surface area contributed by atoms with Gasteiger partial charge in [-0.3, -0.25) is 0 Å². The Hall–Kier alpha value is -0.120. The van der Waals surface area contributed by atoms with Gasteiger partial charge in [-0.25, -0.2) is 0 Å². The topological polar surface area (TPSA) is 55.5 Å². The van der Waals surface area contributed by atoms with Gasteiger partial charge in [0.2, 0.25) is 0 Å². The normalized spacial score (nSPS) is 44.1. The van der Waals surface area contributed by atoms with Crippen molar-refractivity contribution < 1.29 is 9.84 Å². The van der Waals surface area contributed by atoms with Crippen molar-refractivity contribution in [2.45, 2.75) is 69.7 Å². The molecule has 4 unspecified atom stereocenters. The monoisotopic (exact) mass is 239 g/mol. The Morgan fingerprint density at radius 3 is 2.47 bits per heavy atom. The third-order valence-electron chi connectivity index (χ3n) is 5.42. The lowest BCUT2D eigenvalue weighted by atomic mass is 9.64. The van der Waals surface area contributed by atoms with Crippen LogP contribution in [0.3, 0.4) is 0 Å². The van der Waals surface area contributed by atoms with Crippen LogP contribution in [-0.4, -0.2) is 30.0 Å². The average molecular weight is 239 g/mol. The molecule has 0 amide bonds. The SMILES string of the molecule is NCC1(C(O)C2CCCCC2)CC2CCC1O2. The number of hydrogen-bond donors (Lipinski definition) is 2. The molecule has 3 fully saturated rings. The maximum absolute atomic E-state index is 10.8. The molecule has 0 aromatic carbocycles. The van der Waals surface area contributed by atoms with Crippen molar-refractivity contribution in [1.29, 1.82) is 0 Å². The van der Waals surface area contributed by atoms with E-state index in [2.05, 4.69) is 0 Å². The lowest BCUT2D eigenvalue weighted by molar-refractivity contribution is -0.0629. The van der Waals surface area contributed by atoms with E-state index in [1.54, 1.807) is 0 Å². The summed E-state index contributed by atoms with van der Waals surface area (Å²) < 4.78 is 5.95. The van der Waals surface area contributed by atoms with E-state index in [-0.39, 0.29) is 17.6 Å². The number of nitrogens with two attached hydrogens (primary N) is 1. The van der Waals surface area contributed by atoms with Crippen molar-refractivity contribution in [3.63, 3.8) is 0 Å². The fraction of sp³-hybridized carbons (Fsp3) is 1.00. The fourth-order valence-electron chi connectivity index (χ4n) is 4.40. The van der Waals surface area contributed by atoms with Gasteiger partial charge in [-0.05, 0) is 38.0 Å². The van der Waals surface area contributed by atoms with E-state index < -0.39 is 0 Å². The van der Waals surface area contributed by atoms with Crippen LogP contribution in [0, 0.1) is 11.3 Å². The minimum absolute atomic E-state index is 0.120. The van der Waals surface area contributed by atoms with Gasteiger partial charge in [0.25, 0.3) is 0 Å². The summed E-state index contributed by atoms with van der Waals surface area (Å²) in [5.41, 5.74) is 5.90. The minimum atomic E-state index is -0.233. The highest BCUT2D eigenvalue weighted by Crippen LogP contribution is 2.51. The number of aliphatic hydroxyl groups excluding tert-OH is 1. The van der Waals surface area contributed by atoms with Gasteiger partial charge in [-0.15, -0.1) is 0 Å². The van der Waals surface area contributed by atoms with Crippen molar-refractivity contribution in [1.82, 2.24) is 0 Å². The highest BCUT2D eigenvalue weighted by atomic mass is 16.5. The molecule has 0 radical (unpaired) electrons. The summed E-state index contributed by atoms with van der Waals surface area (Å²) in [4.78, 5) is 0. The van der Waals surface area contributed by atoms with Crippen LogP contribution < -0.4 is 5.73 Å². The zero-order valence-corrected chi connectivity index (χ0v) is 10.6. The van der Waals surface area contributed by atoms with Gasteiger partial charge in [0.15, 0.2) is 0 Å². The molecule has 2 aliphatic heterocycles. The molecule has 0 aromatic heterocycles. The fourth-order valence-corrected chi connectivity index (χ4v) is 4.40. The number of aliphatic hydroxyl groups is 1. The Morgan fingerprint density at radius 2 is 1.94 bits per heavy atom. The number of ether oxygens (including phenoxy) is 1. The van der Waals surface area contributed by atoms with Crippen molar-refractivity contribution in [3.05, 3.63) is 0 Å². The van der Waals surface area contributed by atoms with Crippen LogP contribution in [0.2, 0.25) is 0 Å². The van der Waals surface area contributed by atoms with E-state index in [9.17, 15) is 5.11 Å². The molecule has 3 rings (SSSR count). The third kappa shape index (κ3) is 1.83. The van der Waals surface area contributed by atoms with Gasteiger partial charge in [0, 0.05) is 12.0 Å². The van der Waals surface area contributed by atoms with E-state index in [4.69, 9.17) is 10.5 Å². The second kappa shape index (κ2) is 4.52. The Bertz CT molecular complexity index is 277. The molecular formula is C14H25NO2. The van der Waals surface area contributed by atoms with Gasteiger partial charge < -0.3 is 15.6 Å². The summed E-state index contributed by atoms with van der Waals surface area (Å²) in [6, 6.07) is 0. The molecule has 2 bridgehead atoms. The van der Waals surface area contributed by atoms with Crippen LogP contribution in [0.5, 0.6) is 0 Å². The Labute approximate surface area is 104 Å². The second-order valence-corrected chi connectivity index (χ2v) is 6.31. The summed E-state index contributed by atoms with van der Waals surface area (Å²) in [5, 5.41) is 10.8. The maximum Gasteiger partial charge on any atom is 0.0674 e. The molecule has 1 aliphatic carbocycles. The molecule has 3 N–H and O–H groups in total. The number of hydrogen-bond acceptors (Lipinski definition) is 3. The largest absolute Gasteiger partial charge is 0.392 e. The summed E-state index contributed by atoms with van der Waals surface area (Å²) >= 11 is 0. The summed E-state index contributed by atoms with van der Waals surface area (Å²) in [6.45, 7) is 0.589. The number of fused-ring (bicyclic) bond motifs is 2. The van der Waals surface area contributed by atoms with E-state index in [0.717, 1.165) is 12.8 Å². The summed E-state index contributed by atoms with van der Waals surface area (Å²) in [5.74, 6) is 0.468. The highest BCUT2D eigenvalue weighted by molar-refractivity contribution is 5.06. The van der Waals surface area contributed by atoms with Crippen molar-refractivity contribution >= 4 is 0 Å². The quantitative estimate of drug-likeness (QED) is 0.790. The van der Waals surface area contributed by atoms with E-state index in [0.29, 0.717) is 18.6 Å². The van der Waals surface area contributed by atoms with Crippen molar-refractivity contribution in [3.8, 4) is 0 Å². The molecule has 3 nitrogen and oxygen atoms in total. The standard InChI is InChI=1S/C14H25NO2/c15-9-14(8-11-6-7-12(14)17-11)13(16)10-4-2-1-3-5-10/h10-13,16H,1-9,15H2. The second-order valence-electron chi connectivity index (χ2n) is 6.31. The minimum Gasteiger partial charge on any atom is -0.392 e. The Morgan fingerprint density at radius 1 is 1.18 bits per heavy atom. The lowest BCUT2D eigenvalue weighted by Crippen LogP contribution is -2.52. The van der Waals surface area contributed by atoms with E-state index >= 15 is 0 Å². The van der Waals surface area contributed by atoms with Crippen LogP contribution in [0.25, 0.3) is 0 Å². The van der Waals surface area contributed by atoms with Gasteiger partial charge in [0.05, 0.1) is 18.3 Å². The van der Waals surface area contributed by atoms with Crippen LogP contribution in [0.1, 0.15) is 51.4 Å².